The molecule has 8 heteroatoms. The molecule has 1 fully saturated rings. The molecule has 6 nitrogen and oxygen atoms in total. The Balaban J connectivity index is 1.36. The van der Waals surface area contributed by atoms with E-state index in [-0.39, 0.29) is 17.8 Å². The van der Waals surface area contributed by atoms with Gasteiger partial charge in [0.15, 0.2) is 0 Å². The minimum absolute atomic E-state index is 0.0202. The number of aromatic nitrogens is 3. The summed E-state index contributed by atoms with van der Waals surface area (Å²) in [4.78, 5) is 18.8. The van der Waals surface area contributed by atoms with Gasteiger partial charge in [0.05, 0.1) is 10.2 Å². The number of amides is 1. The number of hydrogen-bond donors (Lipinski definition) is 1. The number of nitrogens with zero attached hydrogens (tertiary/aromatic N) is 3. The van der Waals surface area contributed by atoms with Crippen molar-refractivity contribution in [2.45, 2.75) is 18.9 Å². The number of carbonyl (C=O) groups is 1. The molecule has 0 aliphatic carbocycles. The molecular weight excluding hydrogens is 427 g/mol. The van der Waals surface area contributed by atoms with E-state index in [2.05, 4.69) is 31.1 Å². The van der Waals surface area contributed by atoms with Crippen molar-refractivity contribution < 1.29 is 13.9 Å². The molecule has 3 heterocycles. The fourth-order valence-electron chi connectivity index (χ4n) is 3.16. The molecule has 0 saturated carbocycles. The molecule has 0 unspecified atom stereocenters. The number of H-pyrrole nitrogens is 1. The predicted octanol–water partition coefficient (Wildman–Crippen LogP) is 4.06. The molecule has 4 rings (SSSR count). The standard InChI is InChI=1S/C20H18BrFN4O2/c21-16-2-1-9-23-19(16)28-15-7-10-26(11-8-15)20(27)18-12-17(24-25-18)13-3-5-14(22)6-4-13/h1-6,9,12,15H,7-8,10-11H2,(H,24,25). The molecule has 28 heavy (non-hydrogen) atoms. The Morgan fingerprint density at radius 2 is 1.96 bits per heavy atom. The van der Waals surface area contributed by atoms with Crippen molar-refractivity contribution in [3.63, 3.8) is 0 Å². The van der Waals surface area contributed by atoms with Crippen molar-refractivity contribution in [3.05, 3.63) is 64.6 Å². The summed E-state index contributed by atoms with van der Waals surface area (Å²) >= 11 is 3.43. The van der Waals surface area contributed by atoms with Crippen LogP contribution in [0.5, 0.6) is 5.88 Å². The van der Waals surface area contributed by atoms with Crippen LogP contribution in [0, 0.1) is 5.82 Å². The molecule has 3 aromatic rings. The van der Waals surface area contributed by atoms with E-state index in [9.17, 15) is 9.18 Å². The Morgan fingerprint density at radius 1 is 1.21 bits per heavy atom. The van der Waals surface area contributed by atoms with Crippen LogP contribution in [0.1, 0.15) is 23.3 Å². The summed E-state index contributed by atoms with van der Waals surface area (Å²) in [5.74, 6) is 0.168. The van der Waals surface area contributed by atoms with Crippen molar-refractivity contribution in [1.29, 1.82) is 0 Å². The third-order valence-corrected chi connectivity index (χ3v) is 5.28. The highest BCUT2D eigenvalue weighted by Gasteiger charge is 2.26. The average molecular weight is 445 g/mol. The van der Waals surface area contributed by atoms with Gasteiger partial charge in [0.2, 0.25) is 5.88 Å². The molecule has 1 saturated heterocycles. The lowest BCUT2D eigenvalue weighted by Crippen LogP contribution is -2.42. The predicted molar refractivity (Wildman–Crippen MR) is 105 cm³/mol. The highest BCUT2D eigenvalue weighted by atomic mass is 79.9. The van der Waals surface area contributed by atoms with E-state index in [4.69, 9.17) is 4.74 Å². The van der Waals surface area contributed by atoms with Gasteiger partial charge in [-0.15, -0.1) is 0 Å². The van der Waals surface area contributed by atoms with Crippen molar-refractivity contribution in [1.82, 2.24) is 20.1 Å². The number of halogens is 2. The number of ether oxygens (including phenoxy) is 1. The summed E-state index contributed by atoms with van der Waals surface area (Å²) in [6, 6.07) is 11.4. The van der Waals surface area contributed by atoms with Gasteiger partial charge in [-0.3, -0.25) is 9.89 Å². The summed E-state index contributed by atoms with van der Waals surface area (Å²) in [6.45, 7) is 1.19. The molecule has 0 bridgehead atoms. The second-order valence-corrected chi connectivity index (χ2v) is 7.43. The number of pyridine rings is 1. The quantitative estimate of drug-likeness (QED) is 0.658. The van der Waals surface area contributed by atoms with Crippen molar-refractivity contribution in [2.24, 2.45) is 0 Å². The van der Waals surface area contributed by atoms with Gasteiger partial charge < -0.3 is 9.64 Å². The zero-order valence-corrected chi connectivity index (χ0v) is 16.5. The Morgan fingerprint density at radius 3 is 2.68 bits per heavy atom. The van der Waals surface area contributed by atoms with E-state index in [1.54, 1.807) is 29.3 Å². The van der Waals surface area contributed by atoms with Gasteiger partial charge in [0.1, 0.15) is 17.6 Å². The number of rotatable bonds is 4. The average Bonchev–Trinajstić information content (AvgIpc) is 3.20. The van der Waals surface area contributed by atoms with Gasteiger partial charge >= 0.3 is 0 Å². The molecule has 0 spiro atoms. The zero-order valence-electron chi connectivity index (χ0n) is 14.9. The fraction of sp³-hybridized carbons (Fsp3) is 0.250. The van der Waals surface area contributed by atoms with Crippen LogP contribution in [0.25, 0.3) is 11.3 Å². The Hall–Kier alpha value is -2.74. The third kappa shape index (κ3) is 4.06. The minimum Gasteiger partial charge on any atom is -0.473 e. The number of aromatic amines is 1. The highest BCUT2D eigenvalue weighted by molar-refractivity contribution is 9.10. The monoisotopic (exact) mass is 444 g/mol. The number of hydrogen-bond acceptors (Lipinski definition) is 4. The molecule has 0 radical (unpaired) electrons. The van der Waals surface area contributed by atoms with Gasteiger partial charge in [-0.05, 0) is 58.4 Å². The van der Waals surface area contributed by atoms with Crippen LogP contribution < -0.4 is 4.74 Å². The summed E-state index contributed by atoms with van der Waals surface area (Å²) in [7, 11) is 0. The van der Waals surface area contributed by atoms with Crippen LogP contribution in [-0.2, 0) is 0 Å². The molecule has 1 aliphatic rings. The number of nitrogens with one attached hydrogen (secondary N) is 1. The molecule has 1 aromatic carbocycles. The van der Waals surface area contributed by atoms with E-state index >= 15 is 0 Å². The van der Waals surface area contributed by atoms with Crippen LogP contribution in [0.15, 0.2) is 53.1 Å². The second kappa shape index (κ2) is 8.10. The van der Waals surface area contributed by atoms with Gasteiger partial charge in [-0.25, -0.2) is 9.37 Å². The second-order valence-electron chi connectivity index (χ2n) is 6.57. The first-order valence-corrected chi connectivity index (χ1v) is 9.77. The molecule has 0 atom stereocenters. The Bertz CT molecular complexity index is 968. The molecular formula is C20H18BrFN4O2. The first-order valence-electron chi connectivity index (χ1n) is 8.98. The van der Waals surface area contributed by atoms with E-state index < -0.39 is 0 Å². The highest BCUT2D eigenvalue weighted by Crippen LogP contribution is 2.25. The summed E-state index contributed by atoms with van der Waals surface area (Å²) < 4.78 is 19.8. The van der Waals surface area contributed by atoms with Crippen LogP contribution in [0.4, 0.5) is 4.39 Å². The van der Waals surface area contributed by atoms with Crippen molar-refractivity contribution in [3.8, 4) is 17.1 Å². The van der Waals surface area contributed by atoms with Crippen LogP contribution in [0.3, 0.4) is 0 Å². The summed E-state index contributed by atoms with van der Waals surface area (Å²) in [6.07, 6.45) is 3.17. The van der Waals surface area contributed by atoms with Gasteiger partial charge in [0, 0.05) is 37.7 Å². The first kappa shape index (κ1) is 18.6. The molecule has 1 amide bonds. The molecule has 144 valence electrons. The number of piperidine rings is 1. The maximum Gasteiger partial charge on any atom is 0.271 e. The maximum absolute atomic E-state index is 13.1. The lowest BCUT2D eigenvalue weighted by Gasteiger charge is -2.31. The Kier molecular flexibility index (Phi) is 5.38. The third-order valence-electron chi connectivity index (χ3n) is 4.68. The smallest absolute Gasteiger partial charge is 0.271 e. The van der Waals surface area contributed by atoms with Gasteiger partial charge in [-0.1, -0.05) is 0 Å². The van der Waals surface area contributed by atoms with E-state index in [1.165, 1.54) is 12.1 Å². The summed E-state index contributed by atoms with van der Waals surface area (Å²) in [5.41, 5.74) is 1.79. The first-order chi connectivity index (χ1) is 13.6. The van der Waals surface area contributed by atoms with E-state index in [1.807, 2.05) is 12.1 Å². The van der Waals surface area contributed by atoms with Crippen molar-refractivity contribution >= 4 is 21.8 Å². The number of benzene rings is 1. The van der Waals surface area contributed by atoms with Crippen LogP contribution in [0.2, 0.25) is 0 Å². The fourth-order valence-corrected chi connectivity index (χ4v) is 3.51. The lowest BCUT2D eigenvalue weighted by atomic mass is 10.1. The van der Waals surface area contributed by atoms with Gasteiger partial charge in [-0.2, -0.15) is 5.10 Å². The zero-order chi connectivity index (χ0) is 19.5. The number of carbonyl (C=O) groups excluding carboxylic acids is 1. The molecule has 2 aromatic heterocycles. The van der Waals surface area contributed by atoms with E-state index in [0.717, 1.165) is 22.9 Å². The van der Waals surface area contributed by atoms with Crippen molar-refractivity contribution in [2.75, 3.05) is 13.1 Å². The minimum atomic E-state index is -0.307. The van der Waals surface area contributed by atoms with Crippen LogP contribution >= 0.6 is 15.9 Å². The Labute approximate surface area is 169 Å². The van der Waals surface area contributed by atoms with E-state index in [0.29, 0.717) is 30.4 Å². The largest absolute Gasteiger partial charge is 0.473 e. The lowest BCUT2D eigenvalue weighted by molar-refractivity contribution is 0.0581. The number of likely N-dealkylation sites (tertiary alicyclic amines) is 1. The summed E-state index contributed by atoms with van der Waals surface area (Å²) in [5, 5.41) is 6.97. The van der Waals surface area contributed by atoms with Crippen LogP contribution in [-0.4, -0.2) is 45.2 Å². The normalized spacial score (nSPS) is 14.9. The van der Waals surface area contributed by atoms with Gasteiger partial charge in [0.25, 0.3) is 5.91 Å². The topological polar surface area (TPSA) is 71.1 Å². The molecule has 1 N–H and O–H groups in total. The maximum atomic E-state index is 13.1. The molecule has 1 aliphatic heterocycles. The SMILES string of the molecule is O=C(c1cc(-c2ccc(F)cc2)n[nH]1)N1CCC(Oc2ncccc2Br)CC1.